The summed E-state index contributed by atoms with van der Waals surface area (Å²) in [6.45, 7) is 1.58. The molecule has 2 saturated heterocycles. The van der Waals surface area contributed by atoms with Crippen molar-refractivity contribution in [2.75, 3.05) is 32.0 Å². The lowest BCUT2D eigenvalue weighted by Gasteiger charge is -2.38. The van der Waals surface area contributed by atoms with E-state index >= 15 is 0 Å². The molecule has 1 aromatic heterocycles. The molecule has 1 aromatic carbocycles. The summed E-state index contributed by atoms with van der Waals surface area (Å²) in [5, 5.41) is 7.13. The Hall–Kier alpha value is -3.03. The van der Waals surface area contributed by atoms with Crippen LogP contribution >= 0.6 is 0 Å². The van der Waals surface area contributed by atoms with Gasteiger partial charge in [-0.1, -0.05) is 6.07 Å². The third kappa shape index (κ3) is 3.10. The maximum Gasteiger partial charge on any atom is 0.410 e. The quantitative estimate of drug-likeness (QED) is 0.897. The van der Waals surface area contributed by atoms with Crippen molar-refractivity contribution in [3.63, 3.8) is 0 Å². The number of anilines is 1. The van der Waals surface area contributed by atoms with E-state index < -0.39 is 5.60 Å². The van der Waals surface area contributed by atoms with Crippen LogP contribution in [-0.2, 0) is 4.74 Å². The van der Waals surface area contributed by atoms with Gasteiger partial charge >= 0.3 is 12.1 Å². The summed E-state index contributed by atoms with van der Waals surface area (Å²) in [6, 6.07) is 9.16. The first-order valence-corrected chi connectivity index (χ1v) is 8.65. The number of likely N-dealkylation sites (N-methyl/N-ethyl adjacent to an activating group) is 1. The molecule has 0 bridgehead atoms. The number of piperidine rings is 1. The lowest BCUT2D eigenvalue weighted by molar-refractivity contribution is 0.00497. The van der Waals surface area contributed by atoms with Crippen LogP contribution < -0.4 is 5.32 Å². The molecule has 1 atom stereocenters. The summed E-state index contributed by atoms with van der Waals surface area (Å²) in [7, 11) is 1.72. The van der Waals surface area contributed by atoms with Gasteiger partial charge in [0.05, 0.1) is 18.8 Å². The standard InChI is InChI=1S/C18H21N5O3/c1-21-12-18(26-17(21)25)7-3-9-22(13-18)16(24)20-14-5-2-6-15(11-14)23-10-4-8-19-23/h2,4-6,8,10-11H,3,7,9,12-13H2,1H3,(H,20,24). The van der Waals surface area contributed by atoms with E-state index in [1.807, 2.05) is 36.5 Å². The second-order valence-corrected chi connectivity index (χ2v) is 6.86. The van der Waals surface area contributed by atoms with Crippen LogP contribution in [0.1, 0.15) is 12.8 Å². The minimum Gasteiger partial charge on any atom is -0.439 e. The number of hydrogen-bond donors (Lipinski definition) is 1. The van der Waals surface area contributed by atoms with E-state index in [-0.39, 0.29) is 12.1 Å². The molecule has 1 spiro atoms. The Morgan fingerprint density at radius 2 is 2.19 bits per heavy atom. The van der Waals surface area contributed by atoms with E-state index in [4.69, 9.17) is 4.74 Å². The number of nitrogens with zero attached hydrogens (tertiary/aromatic N) is 4. The van der Waals surface area contributed by atoms with Gasteiger partial charge in [-0.15, -0.1) is 0 Å². The molecule has 8 nitrogen and oxygen atoms in total. The molecule has 2 aliphatic heterocycles. The van der Waals surface area contributed by atoms with Crippen molar-refractivity contribution in [3.05, 3.63) is 42.7 Å². The molecular weight excluding hydrogens is 334 g/mol. The summed E-state index contributed by atoms with van der Waals surface area (Å²) in [5.74, 6) is 0. The molecular formula is C18H21N5O3. The molecule has 8 heteroatoms. The zero-order valence-electron chi connectivity index (χ0n) is 14.6. The maximum absolute atomic E-state index is 12.7. The van der Waals surface area contributed by atoms with Crippen LogP contribution in [0, 0.1) is 0 Å². The van der Waals surface area contributed by atoms with Gasteiger partial charge in [0.15, 0.2) is 0 Å². The Morgan fingerprint density at radius 3 is 2.92 bits per heavy atom. The molecule has 136 valence electrons. The number of likely N-dealkylation sites (tertiary alicyclic amines) is 1. The van der Waals surface area contributed by atoms with Gasteiger partial charge in [-0.3, -0.25) is 0 Å². The van der Waals surface area contributed by atoms with Crippen LogP contribution in [0.5, 0.6) is 0 Å². The fourth-order valence-electron chi connectivity index (χ4n) is 3.63. The van der Waals surface area contributed by atoms with Crippen LogP contribution in [0.25, 0.3) is 5.69 Å². The largest absolute Gasteiger partial charge is 0.439 e. The van der Waals surface area contributed by atoms with Crippen molar-refractivity contribution in [2.45, 2.75) is 18.4 Å². The minimum atomic E-state index is -0.585. The number of rotatable bonds is 2. The molecule has 1 N–H and O–H groups in total. The third-order valence-corrected chi connectivity index (χ3v) is 4.83. The van der Waals surface area contributed by atoms with Crippen LogP contribution in [0.4, 0.5) is 15.3 Å². The fraction of sp³-hybridized carbons (Fsp3) is 0.389. The van der Waals surface area contributed by atoms with Gasteiger partial charge in [-0.2, -0.15) is 5.10 Å². The summed E-state index contributed by atoms with van der Waals surface area (Å²) >= 11 is 0. The predicted molar refractivity (Wildman–Crippen MR) is 95.2 cm³/mol. The summed E-state index contributed by atoms with van der Waals surface area (Å²) in [6.07, 6.45) is 4.82. The monoisotopic (exact) mass is 355 g/mol. The number of urea groups is 1. The summed E-state index contributed by atoms with van der Waals surface area (Å²) in [5.41, 5.74) is 0.982. The first kappa shape index (κ1) is 16.4. The van der Waals surface area contributed by atoms with E-state index in [9.17, 15) is 9.59 Å². The zero-order valence-corrected chi connectivity index (χ0v) is 14.6. The molecule has 0 radical (unpaired) electrons. The van der Waals surface area contributed by atoms with Crippen LogP contribution in [0.2, 0.25) is 0 Å². The molecule has 0 aliphatic carbocycles. The second kappa shape index (κ2) is 6.36. The van der Waals surface area contributed by atoms with Crippen molar-refractivity contribution >= 4 is 17.8 Å². The van der Waals surface area contributed by atoms with Gasteiger partial charge in [0, 0.05) is 31.7 Å². The van der Waals surface area contributed by atoms with Crippen molar-refractivity contribution in [3.8, 4) is 5.69 Å². The fourth-order valence-corrected chi connectivity index (χ4v) is 3.63. The first-order valence-electron chi connectivity index (χ1n) is 8.65. The second-order valence-electron chi connectivity index (χ2n) is 6.86. The number of carbonyl (C=O) groups excluding carboxylic acids is 2. The molecule has 3 amide bonds. The highest BCUT2D eigenvalue weighted by Crippen LogP contribution is 2.31. The van der Waals surface area contributed by atoms with Crippen molar-refractivity contribution in [1.29, 1.82) is 0 Å². The SMILES string of the molecule is CN1CC2(CCCN(C(=O)Nc3cccc(-n4cccn4)c3)C2)OC1=O. The molecule has 2 aromatic rings. The maximum atomic E-state index is 12.7. The number of carbonyl (C=O) groups is 2. The normalized spacial score (nSPS) is 22.6. The van der Waals surface area contributed by atoms with Crippen LogP contribution in [0.15, 0.2) is 42.7 Å². The van der Waals surface area contributed by atoms with Gasteiger partial charge in [0.2, 0.25) is 0 Å². The van der Waals surface area contributed by atoms with Gasteiger partial charge in [-0.05, 0) is 37.1 Å². The Kier molecular flexibility index (Phi) is 4.02. The van der Waals surface area contributed by atoms with E-state index in [1.54, 1.807) is 27.7 Å². The van der Waals surface area contributed by atoms with E-state index in [2.05, 4.69) is 10.4 Å². The summed E-state index contributed by atoms with van der Waals surface area (Å²) in [4.78, 5) is 27.7. The lowest BCUT2D eigenvalue weighted by atomic mass is 9.93. The van der Waals surface area contributed by atoms with Gasteiger partial charge in [0.1, 0.15) is 5.60 Å². The Balaban J connectivity index is 1.45. The lowest BCUT2D eigenvalue weighted by Crippen LogP contribution is -2.53. The number of amides is 3. The van der Waals surface area contributed by atoms with Gasteiger partial charge < -0.3 is 19.9 Å². The van der Waals surface area contributed by atoms with E-state index in [0.29, 0.717) is 25.3 Å². The molecule has 3 heterocycles. The van der Waals surface area contributed by atoms with Crippen LogP contribution in [-0.4, -0.2) is 64.0 Å². The Bertz CT molecular complexity index is 822. The summed E-state index contributed by atoms with van der Waals surface area (Å²) < 4.78 is 7.29. The molecule has 0 saturated carbocycles. The number of nitrogens with one attached hydrogen (secondary N) is 1. The first-order chi connectivity index (χ1) is 12.5. The van der Waals surface area contributed by atoms with Crippen molar-refractivity contribution in [2.24, 2.45) is 0 Å². The number of aromatic nitrogens is 2. The third-order valence-electron chi connectivity index (χ3n) is 4.83. The van der Waals surface area contributed by atoms with E-state index in [1.165, 1.54) is 0 Å². The highest BCUT2D eigenvalue weighted by molar-refractivity contribution is 5.89. The number of benzene rings is 1. The molecule has 4 rings (SSSR count). The highest BCUT2D eigenvalue weighted by Gasteiger charge is 2.47. The average molecular weight is 355 g/mol. The molecule has 1 unspecified atom stereocenters. The molecule has 2 aliphatic rings. The van der Waals surface area contributed by atoms with Crippen molar-refractivity contribution in [1.82, 2.24) is 19.6 Å². The highest BCUT2D eigenvalue weighted by atomic mass is 16.6. The Labute approximate surface area is 151 Å². The Morgan fingerprint density at radius 1 is 1.31 bits per heavy atom. The average Bonchev–Trinajstić information content (AvgIpc) is 3.24. The predicted octanol–water partition coefficient (Wildman–Crippen LogP) is 2.32. The van der Waals surface area contributed by atoms with Gasteiger partial charge in [0.25, 0.3) is 0 Å². The molecule has 2 fully saturated rings. The van der Waals surface area contributed by atoms with Crippen molar-refractivity contribution < 1.29 is 14.3 Å². The van der Waals surface area contributed by atoms with E-state index in [0.717, 1.165) is 18.5 Å². The minimum absolute atomic E-state index is 0.188. The topological polar surface area (TPSA) is 79.7 Å². The zero-order chi connectivity index (χ0) is 18.1. The number of ether oxygens (including phenoxy) is 1. The number of hydrogen-bond acceptors (Lipinski definition) is 4. The van der Waals surface area contributed by atoms with Crippen LogP contribution in [0.3, 0.4) is 0 Å². The smallest absolute Gasteiger partial charge is 0.410 e. The van der Waals surface area contributed by atoms with Gasteiger partial charge in [-0.25, -0.2) is 14.3 Å². The molecule has 26 heavy (non-hydrogen) atoms.